The second-order valence-corrected chi connectivity index (χ2v) is 5.08. The summed E-state index contributed by atoms with van der Waals surface area (Å²) in [4.78, 5) is 8.23. The van der Waals surface area contributed by atoms with Crippen LogP contribution in [0.2, 0.25) is 5.15 Å². The van der Waals surface area contributed by atoms with Crippen LogP contribution in [0.4, 0.5) is 13.2 Å². The summed E-state index contributed by atoms with van der Waals surface area (Å²) in [5.74, 6) is 0.393. The van der Waals surface area contributed by atoms with Gasteiger partial charge in [-0.25, -0.2) is 9.97 Å². The monoisotopic (exact) mass is 287 g/mol. The average molecular weight is 288 g/mol. The average Bonchev–Trinajstić information content (AvgIpc) is 3.07. The molecule has 2 N–H and O–H groups in total. The topological polar surface area (TPSA) is 51.8 Å². The van der Waals surface area contributed by atoms with Gasteiger partial charge in [0.15, 0.2) is 5.82 Å². The van der Waals surface area contributed by atoms with Crippen molar-refractivity contribution in [1.82, 2.24) is 9.97 Å². The summed E-state index contributed by atoms with van der Waals surface area (Å²) in [6.07, 6.45) is -2.90. The Balaban J connectivity index is 2.18. The molecule has 0 spiro atoms. The molecule has 0 aliphatic heterocycles. The Hall–Kier alpha value is -1.40. The molecule has 3 rings (SSSR count). The van der Waals surface area contributed by atoms with Gasteiger partial charge in [0.2, 0.25) is 0 Å². The molecular weight excluding hydrogens is 279 g/mol. The van der Waals surface area contributed by atoms with Crippen molar-refractivity contribution in [1.29, 1.82) is 0 Å². The van der Waals surface area contributed by atoms with Crippen LogP contribution >= 0.6 is 11.6 Å². The molecular formula is C12H9ClF3N3. The molecule has 1 aromatic carbocycles. The lowest BCUT2D eigenvalue weighted by Gasteiger charge is -2.11. The number of fused-ring (bicyclic) bond motifs is 1. The molecule has 0 atom stereocenters. The minimum atomic E-state index is -4.41. The van der Waals surface area contributed by atoms with Crippen LogP contribution in [0.15, 0.2) is 18.2 Å². The SMILES string of the molecule is NC1(c2nc(Cl)c3cc(C(F)(F)F)ccc3n2)CC1. The predicted octanol–water partition coefficient (Wildman–Crippen LogP) is 3.25. The molecule has 0 radical (unpaired) electrons. The normalized spacial score (nSPS) is 17.7. The van der Waals surface area contributed by atoms with E-state index in [2.05, 4.69) is 9.97 Å². The van der Waals surface area contributed by atoms with Gasteiger partial charge in [-0.15, -0.1) is 0 Å². The molecule has 1 fully saturated rings. The lowest BCUT2D eigenvalue weighted by molar-refractivity contribution is -0.137. The molecule has 0 saturated heterocycles. The Morgan fingerprint density at radius 2 is 1.89 bits per heavy atom. The van der Waals surface area contributed by atoms with Gasteiger partial charge in [0.1, 0.15) is 5.15 Å². The third-order valence-corrected chi connectivity index (χ3v) is 3.50. The first-order valence-corrected chi connectivity index (χ1v) is 6.01. The van der Waals surface area contributed by atoms with Gasteiger partial charge < -0.3 is 5.73 Å². The highest BCUT2D eigenvalue weighted by Gasteiger charge is 2.43. The molecule has 1 aliphatic rings. The zero-order chi connectivity index (χ0) is 13.8. The summed E-state index contributed by atoms with van der Waals surface area (Å²) in [5.41, 5.74) is 5.00. The van der Waals surface area contributed by atoms with Crippen LogP contribution in [-0.2, 0) is 11.7 Å². The van der Waals surface area contributed by atoms with Crippen molar-refractivity contribution in [2.45, 2.75) is 24.6 Å². The Labute approximate surface area is 111 Å². The van der Waals surface area contributed by atoms with Crippen LogP contribution in [0.25, 0.3) is 10.9 Å². The lowest BCUT2D eigenvalue weighted by atomic mass is 10.1. The van der Waals surface area contributed by atoms with E-state index in [1.54, 1.807) is 0 Å². The second-order valence-electron chi connectivity index (χ2n) is 4.72. The number of benzene rings is 1. The highest BCUT2D eigenvalue weighted by molar-refractivity contribution is 6.34. The number of nitrogens with zero attached hydrogens (tertiary/aromatic N) is 2. The second kappa shape index (κ2) is 3.80. The summed E-state index contributed by atoms with van der Waals surface area (Å²) < 4.78 is 37.9. The molecule has 19 heavy (non-hydrogen) atoms. The largest absolute Gasteiger partial charge is 0.416 e. The number of rotatable bonds is 1. The quantitative estimate of drug-likeness (QED) is 0.819. The molecule has 1 heterocycles. The third-order valence-electron chi connectivity index (χ3n) is 3.21. The van der Waals surface area contributed by atoms with E-state index in [1.165, 1.54) is 6.07 Å². The minimum Gasteiger partial charge on any atom is -0.319 e. The van der Waals surface area contributed by atoms with Gasteiger partial charge in [-0.2, -0.15) is 13.2 Å². The number of aromatic nitrogens is 2. The first-order chi connectivity index (χ1) is 8.79. The van der Waals surface area contributed by atoms with Gasteiger partial charge in [-0.1, -0.05) is 11.6 Å². The summed E-state index contributed by atoms with van der Waals surface area (Å²) in [6.45, 7) is 0. The number of hydrogen-bond acceptors (Lipinski definition) is 3. The molecule has 0 bridgehead atoms. The molecule has 2 aromatic rings. The highest BCUT2D eigenvalue weighted by Crippen LogP contribution is 2.42. The number of nitrogens with two attached hydrogens (primary N) is 1. The van der Waals surface area contributed by atoms with Crippen molar-refractivity contribution in [3.63, 3.8) is 0 Å². The smallest absolute Gasteiger partial charge is 0.319 e. The van der Waals surface area contributed by atoms with E-state index in [-0.39, 0.29) is 10.5 Å². The molecule has 1 saturated carbocycles. The summed E-state index contributed by atoms with van der Waals surface area (Å²) >= 11 is 5.94. The Kier molecular flexibility index (Phi) is 2.53. The van der Waals surface area contributed by atoms with Gasteiger partial charge >= 0.3 is 6.18 Å². The van der Waals surface area contributed by atoms with Crippen LogP contribution in [-0.4, -0.2) is 9.97 Å². The van der Waals surface area contributed by atoms with E-state index in [0.29, 0.717) is 11.3 Å². The van der Waals surface area contributed by atoms with Gasteiger partial charge in [-0.05, 0) is 31.0 Å². The molecule has 3 nitrogen and oxygen atoms in total. The van der Waals surface area contributed by atoms with E-state index in [0.717, 1.165) is 25.0 Å². The molecule has 0 amide bonds. The highest BCUT2D eigenvalue weighted by atomic mass is 35.5. The van der Waals surface area contributed by atoms with Gasteiger partial charge in [0.05, 0.1) is 16.6 Å². The zero-order valence-electron chi connectivity index (χ0n) is 9.63. The van der Waals surface area contributed by atoms with Gasteiger partial charge in [0, 0.05) is 5.39 Å². The van der Waals surface area contributed by atoms with Crippen molar-refractivity contribution in [2.75, 3.05) is 0 Å². The van der Waals surface area contributed by atoms with E-state index in [1.807, 2.05) is 0 Å². The molecule has 1 aromatic heterocycles. The zero-order valence-corrected chi connectivity index (χ0v) is 10.4. The maximum atomic E-state index is 12.6. The Bertz CT molecular complexity index is 665. The maximum absolute atomic E-state index is 12.6. The molecule has 7 heteroatoms. The fraction of sp³-hybridized carbons (Fsp3) is 0.333. The predicted molar refractivity (Wildman–Crippen MR) is 64.6 cm³/mol. The van der Waals surface area contributed by atoms with Crippen molar-refractivity contribution < 1.29 is 13.2 Å². The first kappa shape index (κ1) is 12.6. The standard InChI is InChI=1S/C12H9ClF3N3/c13-9-7-5-6(12(14,15)16)1-2-8(7)18-10(19-9)11(17)3-4-11/h1-2,5H,3-4,17H2. The van der Waals surface area contributed by atoms with E-state index >= 15 is 0 Å². The van der Waals surface area contributed by atoms with Crippen LogP contribution in [0.3, 0.4) is 0 Å². The molecule has 0 unspecified atom stereocenters. The summed E-state index contributed by atoms with van der Waals surface area (Å²) in [6, 6.07) is 3.23. The van der Waals surface area contributed by atoms with Crippen LogP contribution in [0.1, 0.15) is 24.2 Å². The maximum Gasteiger partial charge on any atom is 0.416 e. The summed E-state index contributed by atoms with van der Waals surface area (Å²) in [7, 11) is 0. The first-order valence-electron chi connectivity index (χ1n) is 5.63. The molecule has 100 valence electrons. The van der Waals surface area contributed by atoms with Gasteiger partial charge in [-0.3, -0.25) is 0 Å². The van der Waals surface area contributed by atoms with Crippen LogP contribution < -0.4 is 5.73 Å². The Morgan fingerprint density at radius 1 is 1.21 bits per heavy atom. The van der Waals surface area contributed by atoms with E-state index in [4.69, 9.17) is 17.3 Å². The lowest BCUT2D eigenvalue weighted by Crippen LogP contribution is -2.22. The fourth-order valence-corrected chi connectivity index (χ4v) is 2.08. The Morgan fingerprint density at radius 3 is 2.47 bits per heavy atom. The van der Waals surface area contributed by atoms with Crippen LogP contribution in [0, 0.1) is 0 Å². The summed E-state index contributed by atoms with van der Waals surface area (Å²) in [5, 5.41) is 0.187. The fourth-order valence-electron chi connectivity index (χ4n) is 1.85. The van der Waals surface area contributed by atoms with E-state index in [9.17, 15) is 13.2 Å². The van der Waals surface area contributed by atoms with E-state index < -0.39 is 17.3 Å². The number of hydrogen-bond donors (Lipinski definition) is 1. The van der Waals surface area contributed by atoms with Crippen molar-refractivity contribution in [2.24, 2.45) is 5.73 Å². The number of halogens is 4. The minimum absolute atomic E-state index is 0.00262. The van der Waals surface area contributed by atoms with Crippen molar-refractivity contribution in [3.8, 4) is 0 Å². The van der Waals surface area contributed by atoms with Gasteiger partial charge in [0.25, 0.3) is 0 Å². The molecule has 1 aliphatic carbocycles. The third kappa shape index (κ3) is 2.15. The number of alkyl halides is 3. The van der Waals surface area contributed by atoms with Crippen molar-refractivity contribution in [3.05, 3.63) is 34.7 Å². The van der Waals surface area contributed by atoms with Crippen molar-refractivity contribution >= 4 is 22.5 Å². The van der Waals surface area contributed by atoms with Crippen LogP contribution in [0.5, 0.6) is 0 Å².